The van der Waals surface area contributed by atoms with Gasteiger partial charge < -0.3 is 14.8 Å². The molecule has 0 aliphatic carbocycles. The minimum Gasteiger partial charge on any atom is -0.497 e. The molecule has 0 spiro atoms. The molecule has 0 atom stereocenters. The van der Waals surface area contributed by atoms with Crippen LogP contribution in [0.15, 0.2) is 42.5 Å². The lowest BCUT2D eigenvalue weighted by Crippen LogP contribution is -2.15. The molecular formula is C18H18ClNO4S. The summed E-state index contributed by atoms with van der Waals surface area (Å²) in [7, 11) is 3.05. The molecule has 0 aromatic heterocycles. The van der Waals surface area contributed by atoms with Crippen LogP contribution in [0.2, 0.25) is 5.02 Å². The third-order valence-electron chi connectivity index (χ3n) is 3.30. The maximum absolute atomic E-state index is 12.3. The first-order valence-corrected chi connectivity index (χ1v) is 8.95. The molecule has 2 aromatic carbocycles. The van der Waals surface area contributed by atoms with Gasteiger partial charge in [-0.3, -0.25) is 9.59 Å². The Labute approximate surface area is 155 Å². The number of ether oxygens (including phenoxy) is 2. The van der Waals surface area contributed by atoms with Gasteiger partial charge in [0.2, 0.25) is 5.91 Å². The molecule has 5 nitrogen and oxygen atoms in total. The van der Waals surface area contributed by atoms with E-state index in [1.54, 1.807) is 49.6 Å². The number of nitrogens with one attached hydrogen (secondary N) is 1. The van der Waals surface area contributed by atoms with Gasteiger partial charge in [0, 0.05) is 16.8 Å². The van der Waals surface area contributed by atoms with Crippen LogP contribution in [-0.4, -0.2) is 37.4 Å². The molecule has 0 heterocycles. The predicted molar refractivity (Wildman–Crippen MR) is 101 cm³/mol. The van der Waals surface area contributed by atoms with Crippen molar-refractivity contribution in [1.29, 1.82) is 0 Å². The van der Waals surface area contributed by atoms with Crippen LogP contribution in [0.25, 0.3) is 0 Å². The Balaban J connectivity index is 1.85. The first-order chi connectivity index (χ1) is 12.0. The Morgan fingerprint density at radius 2 is 1.76 bits per heavy atom. The Morgan fingerprint density at radius 3 is 2.40 bits per heavy atom. The molecule has 0 bridgehead atoms. The normalized spacial score (nSPS) is 10.2. The van der Waals surface area contributed by atoms with E-state index in [0.717, 1.165) is 0 Å². The van der Waals surface area contributed by atoms with E-state index in [0.29, 0.717) is 27.8 Å². The summed E-state index contributed by atoms with van der Waals surface area (Å²) in [6.07, 6.45) is 0. The van der Waals surface area contributed by atoms with Crippen molar-refractivity contribution in [2.75, 3.05) is 31.0 Å². The number of methoxy groups -OCH3 is 2. The van der Waals surface area contributed by atoms with Crippen LogP contribution in [0.1, 0.15) is 10.4 Å². The minimum atomic E-state index is -0.179. The van der Waals surface area contributed by atoms with Crippen molar-refractivity contribution in [2.45, 2.75) is 0 Å². The van der Waals surface area contributed by atoms with Crippen LogP contribution < -0.4 is 14.8 Å². The van der Waals surface area contributed by atoms with Crippen LogP contribution in [0, 0.1) is 0 Å². The van der Waals surface area contributed by atoms with Gasteiger partial charge in [0.25, 0.3) is 0 Å². The summed E-state index contributed by atoms with van der Waals surface area (Å²) in [6.45, 7) is 0. The maximum atomic E-state index is 12.3. The zero-order valence-corrected chi connectivity index (χ0v) is 15.4. The number of ketones is 1. The molecule has 0 unspecified atom stereocenters. The van der Waals surface area contributed by atoms with Crippen LogP contribution in [0.4, 0.5) is 5.69 Å². The highest BCUT2D eigenvalue weighted by atomic mass is 35.5. The van der Waals surface area contributed by atoms with Crippen LogP contribution >= 0.6 is 23.4 Å². The van der Waals surface area contributed by atoms with Crippen molar-refractivity contribution in [3.8, 4) is 11.5 Å². The van der Waals surface area contributed by atoms with Gasteiger partial charge in [0.1, 0.15) is 11.5 Å². The van der Waals surface area contributed by atoms with E-state index in [-0.39, 0.29) is 23.2 Å². The number of thioether (sulfide) groups is 1. The molecule has 0 aliphatic rings. The van der Waals surface area contributed by atoms with Crippen molar-refractivity contribution in [1.82, 2.24) is 0 Å². The van der Waals surface area contributed by atoms with Gasteiger partial charge in [-0.25, -0.2) is 0 Å². The molecule has 2 rings (SSSR count). The quantitative estimate of drug-likeness (QED) is 0.704. The van der Waals surface area contributed by atoms with Gasteiger partial charge in [-0.2, -0.15) is 0 Å². The molecule has 0 fully saturated rings. The smallest absolute Gasteiger partial charge is 0.234 e. The second-order valence-corrected chi connectivity index (χ2v) is 6.46. The van der Waals surface area contributed by atoms with Crippen LogP contribution in [0.5, 0.6) is 11.5 Å². The molecule has 2 aromatic rings. The number of halogens is 1. The van der Waals surface area contributed by atoms with E-state index < -0.39 is 0 Å². The van der Waals surface area contributed by atoms with Crippen molar-refractivity contribution < 1.29 is 19.1 Å². The summed E-state index contributed by atoms with van der Waals surface area (Å²) in [6, 6.07) is 11.9. The molecule has 7 heteroatoms. The summed E-state index contributed by atoms with van der Waals surface area (Å²) >= 11 is 7.04. The minimum absolute atomic E-state index is 0.108. The monoisotopic (exact) mass is 379 g/mol. The fraction of sp³-hybridized carbons (Fsp3) is 0.222. The second-order valence-electron chi connectivity index (χ2n) is 5.04. The van der Waals surface area contributed by atoms with Crippen molar-refractivity contribution in [3.05, 3.63) is 53.1 Å². The lowest BCUT2D eigenvalue weighted by Gasteiger charge is -2.09. The van der Waals surface area contributed by atoms with E-state index >= 15 is 0 Å². The lowest BCUT2D eigenvalue weighted by molar-refractivity contribution is -0.113. The van der Waals surface area contributed by atoms with E-state index in [1.807, 2.05) is 0 Å². The van der Waals surface area contributed by atoms with E-state index in [4.69, 9.17) is 21.1 Å². The topological polar surface area (TPSA) is 64.6 Å². The lowest BCUT2D eigenvalue weighted by atomic mass is 10.1. The fourth-order valence-corrected chi connectivity index (χ4v) is 2.90. The molecule has 132 valence electrons. The Hall–Kier alpha value is -2.18. The molecule has 0 aliphatic heterocycles. The highest BCUT2D eigenvalue weighted by Gasteiger charge is 2.14. The number of benzene rings is 2. The number of rotatable bonds is 8. The fourth-order valence-electron chi connectivity index (χ4n) is 2.07. The maximum Gasteiger partial charge on any atom is 0.234 e. The van der Waals surface area contributed by atoms with Crippen molar-refractivity contribution >= 4 is 40.7 Å². The van der Waals surface area contributed by atoms with E-state index in [2.05, 4.69) is 5.32 Å². The third-order valence-corrected chi connectivity index (χ3v) is 4.49. The molecule has 0 radical (unpaired) electrons. The summed E-state index contributed by atoms with van der Waals surface area (Å²) in [5.41, 5.74) is 1.13. The average molecular weight is 380 g/mol. The number of hydrogen-bond donors (Lipinski definition) is 1. The van der Waals surface area contributed by atoms with Crippen LogP contribution in [-0.2, 0) is 4.79 Å². The molecule has 1 amide bonds. The Bertz CT molecular complexity index is 749. The summed E-state index contributed by atoms with van der Waals surface area (Å²) in [5, 5.41) is 3.35. The largest absolute Gasteiger partial charge is 0.497 e. The number of Topliss-reactive ketones (excluding diaryl/α,β-unsaturated/α-hetero) is 1. The number of carbonyl (C=O) groups excluding carboxylic acids is 2. The van der Waals surface area contributed by atoms with Gasteiger partial charge in [-0.05, 0) is 36.4 Å². The van der Waals surface area contributed by atoms with Crippen LogP contribution in [0.3, 0.4) is 0 Å². The van der Waals surface area contributed by atoms with E-state index in [9.17, 15) is 9.59 Å². The average Bonchev–Trinajstić information content (AvgIpc) is 2.62. The summed E-state index contributed by atoms with van der Waals surface area (Å²) in [5.74, 6) is 1.13. The van der Waals surface area contributed by atoms with Gasteiger partial charge in [-0.1, -0.05) is 11.6 Å². The van der Waals surface area contributed by atoms with Gasteiger partial charge in [0.15, 0.2) is 5.78 Å². The molecule has 0 saturated heterocycles. The number of amides is 1. The highest BCUT2D eigenvalue weighted by molar-refractivity contribution is 8.00. The highest BCUT2D eigenvalue weighted by Crippen LogP contribution is 2.25. The Kier molecular flexibility index (Phi) is 7.16. The SMILES string of the molecule is COc1ccc(C(=O)CSCC(=O)Nc2ccc(Cl)cc2)c(OC)c1. The first-order valence-electron chi connectivity index (χ1n) is 7.42. The van der Waals surface area contributed by atoms with Crippen molar-refractivity contribution in [2.24, 2.45) is 0 Å². The van der Waals surface area contributed by atoms with Crippen molar-refractivity contribution in [3.63, 3.8) is 0 Å². The molecule has 0 saturated carbocycles. The first kappa shape index (κ1) is 19.1. The predicted octanol–water partition coefficient (Wildman–Crippen LogP) is 3.91. The second kappa shape index (κ2) is 9.34. The third kappa shape index (κ3) is 5.69. The van der Waals surface area contributed by atoms with Gasteiger partial charge in [-0.15, -0.1) is 11.8 Å². The van der Waals surface area contributed by atoms with E-state index in [1.165, 1.54) is 18.9 Å². The summed E-state index contributed by atoms with van der Waals surface area (Å²) < 4.78 is 10.3. The zero-order chi connectivity index (χ0) is 18.2. The standard InChI is InChI=1S/C18H18ClNO4S/c1-23-14-7-8-15(17(9-14)24-2)16(21)10-25-11-18(22)20-13-5-3-12(19)4-6-13/h3-9H,10-11H2,1-2H3,(H,20,22). The zero-order valence-electron chi connectivity index (χ0n) is 13.9. The van der Waals surface area contributed by atoms with Gasteiger partial charge in [0.05, 0.1) is 31.3 Å². The summed E-state index contributed by atoms with van der Waals surface area (Å²) in [4.78, 5) is 24.2. The number of carbonyl (C=O) groups is 2. The molecule has 25 heavy (non-hydrogen) atoms. The van der Waals surface area contributed by atoms with Gasteiger partial charge >= 0.3 is 0 Å². The number of hydrogen-bond acceptors (Lipinski definition) is 5. The molecular weight excluding hydrogens is 362 g/mol. The molecule has 1 N–H and O–H groups in total. The number of anilines is 1. The Morgan fingerprint density at radius 1 is 1.04 bits per heavy atom.